The predicted molar refractivity (Wildman–Crippen MR) is 165 cm³/mol. The van der Waals surface area contributed by atoms with E-state index < -0.39 is 40.8 Å². The molecular formula is C34H42F3N5O4. The van der Waals surface area contributed by atoms with Gasteiger partial charge in [0.15, 0.2) is 0 Å². The first-order valence-electron chi connectivity index (χ1n) is 16.0. The molecular weight excluding hydrogens is 599 g/mol. The lowest BCUT2D eigenvalue weighted by atomic mass is 9.81. The van der Waals surface area contributed by atoms with Gasteiger partial charge in [-0.25, -0.2) is 0 Å². The van der Waals surface area contributed by atoms with E-state index in [9.17, 15) is 27.9 Å². The van der Waals surface area contributed by atoms with Gasteiger partial charge in [0.2, 0.25) is 5.91 Å². The number of alkyl halides is 3. The molecule has 1 aromatic carbocycles. The van der Waals surface area contributed by atoms with Gasteiger partial charge in [0.1, 0.15) is 5.75 Å². The van der Waals surface area contributed by atoms with Crippen molar-refractivity contribution < 1.29 is 32.6 Å². The van der Waals surface area contributed by atoms with Crippen LogP contribution in [0.3, 0.4) is 0 Å². The minimum Gasteiger partial charge on any atom is -0.493 e. The molecule has 2 aliphatic heterocycles. The molecule has 2 unspecified atom stereocenters. The van der Waals surface area contributed by atoms with Crippen molar-refractivity contribution in [2.24, 2.45) is 5.92 Å². The van der Waals surface area contributed by atoms with Crippen LogP contribution < -0.4 is 4.74 Å². The Labute approximate surface area is 267 Å². The van der Waals surface area contributed by atoms with Crippen molar-refractivity contribution >= 4 is 11.8 Å². The minimum absolute atomic E-state index is 0.129. The zero-order valence-corrected chi connectivity index (χ0v) is 26.6. The average molecular weight is 642 g/mol. The van der Waals surface area contributed by atoms with Crippen LogP contribution in [0.5, 0.6) is 5.75 Å². The van der Waals surface area contributed by atoms with Gasteiger partial charge < -0.3 is 19.6 Å². The number of amides is 2. The second-order valence-electron chi connectivity index (χ2n) is 12.4. The molecule has 0 aliphatic carbocycles. The molecule has 2 aromatic heterocycles. The summed E-state index contributed by atoms with van der Waals surface area (Å²) >= 11 is 0. The maximum absolute atomic E-state index is 14.0. The first-order valence-corrected chi connectivity index (χ1v) is 16.0. The number of pyridine rings is 1. The van der Waals surface area contributed by atoms with Gasteiger partial charge in [-0.2, -0.15) is 18.3 Å². The van der Waals surface area contributed by atoms with E-state index in [1.807, 2.05) is 45.0 Å². The third-order valence-electron chi connectivity index (χ3n) is 9.48. The molecule has 2 aliphatic rings. The van der Waals surface area contributed by atoms with E-state index in [1.54, 1.807) is 4.90 Å². The molecule has 248 valence electrons. The fourth-order valence-corrected chi connectivity index (χ4v) is 7.00. The van der Waals surface area contributed by atoms with Gasteiger partial charge in [-0.1, -0.05) is 31.5 Å². The number of nitrogens with zero attached hydrogens (tertiary/aromatic N) is 4. The fraction of sp³-hybridized carbons (Fsp3) is 0.529. The summed E-state index contributed by atoms with van der Waals surface area (Å²) in [4.78, 5) is 34.5. The van der Waals surface area contributed by atoms with E-state index in [1.165, 1.54) is 4.90 Å². The summed E-state index contributed by atoms with van der Waals surface area (Å²) in [7, 11) is 0. The van der Waals surface area contributed by atoms with Gasteiger partial charge in [0.05, 0.1) is 34.9 Å². The van der Waals surface area contributed by atoms with Crippen LogP contribution >= 0.6 is 0 Å². The lowest BCUT2D eigenvalue weighted by molar-refractivity contribution is -0.144. The van der Waals surface area contributed by atoms with E-state index in [-0.39, 0.29) is 12.5 Å². The van der Waals surface area contributed by atoms with Crippen molar-refractivity contribution in [2.75, 3.05) is 26.2 Å². The zero-order chi connectivity index (χ0) is 33.1. The number of halogens is 3. The Morgan fingerprint density at radius 2 is 1.87 bits per heavy atom. The monoisotopic (exact) mass is 641 g/mol. The molecule has 0 saturated carbocycles. The number of ether oxygens (including phenoxy) is 1. The van der Waals surface area contributed by atoms with Gasteiger partial charge >= 0.3 is 6.18 Å². The molecule has 2 N–H and O–H groups in total. The number of para-hydroxylation sites is 1. The summed E-state index contributed by atoms with van der Waals surface area (Å²) in [5.74, 6) is -0.823. The van der Waals surface area contributed by atoms with Crippen molar-refractivity contribution in [3.8, 4) is 5.75 Å². The highest BCUT2D eigenvalue weighted by molar-refractivity contribution is 5.96. The summed E-state index contributed by atoms with van der Waals surface area (Å²) in [5.41, 5.74) is 0.998. The lowest BCUT2D eigenvalue weighted by Crippen LogP contribution is -2.55. The number of carbonyl (C=O) groups is 2. The van der Waals surface area contributed by atoms with Gasteiger partial charge in [-0.15, -0.1) is 0 Å². The summed E-state index contributed by atoms with van der Waals surface area (Å²) in [6, 6.07) is 7.71. The molecule has 5 rings (SSSR count). The maximum Gasteiger partial charge on any atom is 0.417 e. The Morgan fingerprint density at radius 3 is 2.54 bits per heavy atom. The highest BCUT2D eigenvalue weighted by Crippen LogP contribution is 2.40. The lowest BCUT2D eigenvalue weighted by Gasteiger charge is -2.45. The molecule has 0 bridgehead atoms. The number of hydrogen-bond donors (Lipinski definition) is 2. The van der Waals surface area contributed by atoms with Gasteiger partial charge in [0, 0.05) is 55.7 Å². The largest absolute Gasteiger partial charge is 0.493 e. The molecule has 2 atom stereocenters. The number of likely N-dealkylation sites (tertiary alicyclic amines) is 2. The Hall–Kier alpha value is -3.93. The smallest absolute Gasteiger partial charge is 0.417 e. The average Bonchev–Trinajstić information content (AvgIpc) is 3.37. The maximum atomic E-state index is 14.0. The molecule has 12 heteroatoms. The van der Waals surface area contributed by atoms with Crippen LogP contribution in [0.25, 0.3) is 0 Å². The standard InChI is InChI=1S/C34H42F3N5O4/c1-4-8-29-25(9-7-17-42(29)32(44)26-21-38-16-12-27(26)34(35,36)37)31(43)41-18-14-33(45,15-19-41)28-10-5-6-11-30(28)46-20-13-24-22(2)39-40-23(24)3/h5-6,10-12,16,21,25,29,45H,4,7-9,13-15,17-20H2,1-3H3,(H,39,40). The number of aryl methyl sites for hydroxylation is 2. The minimum atomic E-state index is -4.70. The van der Waals surface area contributed by atoms with E-state index in [0.717, 1.165) is 35.4 Å². The third kappa shape index (κ3) is 6.91. The second-order valence-corrected chi connectivity index (χ2v) is 12.4. The first kappa shape index (κ1) is 33.4. The zero-order valence-electron chi connectivity index (χ0n) is 26.6. The normalized spacial score (nSPS) is 20.1. The summed E-state index contributed by atoms with van der Waals surface area (Å²) in [5, 5.41) is 19.0. The number of carbonyl (C=O) groups excluding carboxylic acids is 2. The SMILES string of the molecule is CCCC1C(C(=O)N2CCC(O)(c3ccccc3OCCc3c(C)n[nH]c3C)CC2)CCCN1C(=O)c1cnccc1C(F)(F)F. The number of hydrogen-bond acceptors (Lipinski definition) is 6. The molecule has 3 aromatic rings. The predicted octanol–water partition coefficient (Wildman–Crippen LogP) is 5.59. The van der Waals surface area contributed by atoms with Crippen LogP contribution in [0.1, 0.15) is 83.9 Å². The first-order chi connectivity index (χ1) is 21.9. The van der Waals surface area contributed by atoms with Crippen LogP contribution in [0, 0.1) is 19.8 Å². The van der Waals surface area contributed by atoms with Crippen LogP contribution in [-0.4, -0.2) is 74.2 Å². The number of piperidine rings is 2. The summed E-state index contributed by atoms with van der Waals surface area (Å²) < 4.78 is 47.4. The summed E-state index contributed by atoms with van der Waals surface area (Å²) in [6.07, 6.45) is 0.756. The van der Waals surface area contributed by atoms with Gasteiger partial charge in [-0.05, 0) is 63.6 Å². The highest BCUT2D eigenvalue weighted by Gasteiger charge is 2.44. The van der Waals surface area contributed by atoms with Crippen LogP contribution in [0.4, 0.5) is 13.2 Å². The number of nitrogens with one attached hydrogen (secondary N) is 1. The Kier molecular flexibility index (Phi) is 10.0. The Balaban J connectivity index is 1.27. The van der Waals surface area contributed by atoms with E-state index in [2.05, 4.69) is 15.2 Å². The number of aromatic amines is 1. The van der Waals surface area contributed by atoms with Crippen molar-refractivity contribution in [1.82, 2.24) is 25.0 Å². The van der Waals surface area contributed by atoms with Crippen molar-refractivity contribution in [2.45, 2.75) is 83.5 Å². The van der Waals surface area contributed by atoms with Crippen LogP contribution in [-0.2, 0) is 23.0 Å². The van der Waals surface area contributed by atoms with E-state index in [0.29, 0.717) is 76.0 Å². The topological polar surface area (TPSA) is 112 Å². The molecule has 0 spiro atoms. The van der Waals surface area contributed by atoms with Crippen molar-refractivity contribution in [3.63, 3.8) is 0 Å². The quantitative estimate of drug-likeness (QED) is 0.315. The van der Waals surface area contributed by atoms with E-state index in [4.69, 9.17) is 4.74 Å². The third-order valence-corrected chi connectivity index (χ3v) is 9.48. The number of aromatic nitrogens is 3. The molecule has 4 heterocycles. The fourth-order valence-electron chi connectivity index (χ4n) is 7.00. The second kappa shape index (κ2) is 13.8. The highest BCUT2D eigenvalue weighted by atomic mass is 19.4. The number of H-pyrrole nitrogens is 1. The molecule has 46 heavy (non-hydrogen) atoms. The van der Waals surface area contributed by atoms with E-state index >= 15 is 0 Å². The summed E-state index contributed by atoms with van der Waals surface area (Å²) in [6.45, 7) is 7.15. The molecule has 2 saturated heterocycles. The van der Waals surface area contributed by atoms with Crippen LogP contribution in [0.15, 0.2) is 42.7 Å². The molecule has 2 fully saturated rings. The number of rotatable bonds is 9. The number of aliphatic hydroxyl groups is 1. The van der Waals surface area contributed by atoms with Crippen molar-refractivity contribution in [1.29, 1.82) is 0 Å². The van der Waals surface area contributed by atoms with Gasteiger partial charge in [0.25, 0.3) is 5.91 Å². The number of benzene rings is 1. The molecule has 9 nitrogen and oxygen atoms in total. The van der Waals surface area contributed by atoms with Crippen molar-refractivity contribution in [3.05, 3.63) is 76.4 Å². The molecule has 0 radical (unpaired) electrons. The Bertz CT molecular complexity index is 1510. The van der Waals surface area contributed by atoms with Crippen LogP contribution in [0.2, 0.25) is 0 Å². The van der Waals surface area contributed by atoms with Gasteiger partial charge in [-0.3, -0.25) is 19.7 Å². The Morgan fingerprint density at radius 1 is 1.13 bits per heavy atom. The molecule has 2 amide bonds.